The molecule has 11 heteroatoms. The fourth-order valence-corrected chi connectivity index (χ4v) is 3.93. The van der Waals surface area contributed by atoms with Crippen molar-refractivity contribution in [1.82, 2.24) is 24.6 Å². The minimum Gasteiger partial charge on any atom is -0.387 e. The number of hydrogen-bond acceptors (Lipinski definition) is 8. The zero-order valence-electron chi connectivity index (χ0n) is 17.2. The number of benzene rings is 1. The Morgan fingerprint density at radius 1 is 1.16 bits per heavy atom. The van der Waals surface area contributed by atoms with E-state index in [1.807, 2.05) is 12.1 Å². The smallest absolute Gasteiger partial charge is 0.288 e. The lowest BCUT2D eigenvalue weighted by atomic mass is 10.1. The van der Waals surface area contributed by atoms with Gasteiger partial charge in [-0.15, -0.1) is 5.10 Å². The number of carbonyl (C=O) groups excluding carboxylic acids is 2. The Balaban J connectivity index is 1.36. The van der Waals surface area contributed by atoms with Crippen LogP contribution in [0.4, 0.5) is 0 Å². The summed E-state index contributed by atoms with van der Waals surface area (Å²) in [4.78, 5) is 31.8. The van der Waals surface area contributed by atoms with E-state index >= 15 is 0 Å². The number of ether oxygens (including phenoxy) is 1. The van der Waals surface area contributed by atoms with Gasteiger partial charge in [0.25, 0.3) is 11.8 Å². The van der Waals surface area contributed by atoms with Crippen LogP contribution in [-0.2, 0) is 16.1 Å². The van der Waals surface area contributed by atoms with Crippen LogP contribution in [0.5, 0.6) is 0 Å². The quantitative estimate of drug-likeness (QED) is 0.528. The molecule has 2 aromatic rings. The van der Waals surface area contributed by atoms with Gasteiger partial charge in [0.15, 0.2) is 12.3 Å². The number of nitrogens with two attached hydrogens (primary N) is 1. The summed E-state index contributed by atoms with van der Waals surface area (Å²) in [5.74, 6) is -1.47. The molecule has 4 rings (SSSR count). The molecule has 0 saturated carbocycles. The largest absolute Gasteiger partial charge is 0.387 e. The molecular formula is C20H26N6O5. The van der Waals surface area contributed by atoms with Crippen molar-refractivity contribution in [3.63, 3.8) is 0 Å². The molecule has 4 atom stereocenters. The molecule has 4 N–H and O–H groups in total. The minimum atomic E-state index is -1.43. The summed E-state index contributed by atoms with van der Waals surface area (Å²) in [6.07, 6.45) is -4.05. The molecule has 0 aliphatic carbocycles. The number of carbonyl (C=O) groups is 2. The van der Waals surface area contributed by atoms with Crippen molar-refractivity contribution in [3.05, 3.63) is 47.5 Å². The molecule has 2 amide bonds. The Bertz CT molecular complexity index is 957. The van der Waals surface area contributed by atoms with E-state index in [0.717, 1.165) is 17.6 Å². The van der Waals surface area contributed by atoms with Gasteiger partial charge in [0.1, 0.15) is 18.5 Å². The van der Waals surface area contributed by atoms with Gasteiger partial charge in [-0.2, -0.15) is 0 Å². The maximum absolute atomic E-state index is 13.0. The molecule has 0 unspecified atom stereocenters. The number of hydrogen-bond donors (Lipinski definition) is 3. The van der Waals surface area contributed by atoms with Crippen molar-refractivity contribution in [2.45, 2.75) is 38.0 Å². The maximum atomic E-state index is 13.0. The minimum absolute atomic E-state index is 0.246. The predicted molar refractivity (Wildman–Crippen MR) is 107 cm³/mol. The van der Waals surface area contributed by atoms with Gasteiger partial charge in [0, 0.05) is 32.7 Å². The van der Waals surface area contributed by atoms with Crippen molar-refractivity contribution in [2.24, 2.45) is 5.73 Å². The Labute approximate surface area is 179 Å². The summed E-state index contributed by atoms with van der Waals surface area (Å²) in [7, 11) is 0. The zero-order valence-corrected chi connectivity index (χ0v) is 17.2. The molecule has 2 aliphatic rings. The van der Waals surface area contributed by atoms with Gasteiger partial charge in [-0.05, 0) is 18.1 Å². The fourth-order valence-electron chi connectivity index (χ4n) is 3.93. The van der Waals surface area contributed by atoms with Crippen LogP contribution in [0.1, 0.15) is 28.0 Å². The number of nitrogens with zero attached hydrogens (tertiary/aromatic N) is 5. The van der Waals surface area contributed by atoms with Gasteiger partial charge in [-0.25, -0.2) is 9.67 Å². The molecule has 31 heavy (non-hydrogen) atoms. The molecule has 1 aromatic carbocycles. The monoisotopic (exact) mass is 430 g/mol. The van der Waals surface area contributed by atoms with Crippen molar-refractivity contribution < 1.29 is 24.5 Å². The van der Waals surface area contributed by atoms with Crippen LogP contribution < -0.4 is 5.73 Å². The molecule has 3 heterocycles. The van der Waals surface area contributed by atoms with Gasteiger partial charge in [-0.1, -0.05) is 24.3 Å². The van der Waals surface area contributed by atoms with Crippen molar-refractivity contribution in [3.8, 4) is 0 Å². The van der Waals surface area contributed by atoms with E-state index in [4.69, 9.17) is 10.5 Å². The Hall–Kier alpha value is -2.86. The first-order valence-corrected chi connectivity index (χ1v) is 10.1. The molecule has 2 fully saturated rings. The molecule has 166 valence electrons. The van der Waals surface area contributed by atoms with Crippen LogP contribution >= 0.6 is 0 Å². The highest BCUT2D eigenvalue weighted by molar-refractivity contribution is 5.88. The van der Waals surface area contributed by atoms with Crippen LogP contribution in [-0.4, -0.2) is 91.1 Å². The summed E-state index contributed by atoms with van der Waals surface area (Å²) >= 11 is 0. The summed E-state index contributed by atoms with van der Waals surface area (Å²) in [6, 6.07) is 8.21. The summed E-state index contributed by atoms with van der Waals surface area (Å²) in [5, 5.41) is 24.6. The summed E-state index contributed by atoms with van der Waals surface area (Å²) in [5.41, 5.74) is 7.62. The lowest BCUT2D eigenvalue weighted by Gasteiger charge is -2.36. The second kappa shape index (κ2) is 8.71. The van der Waals surface area contributed by atoms with Gasteiger partial charge >= 0.3 is 0 Å². The number of amides is 2. The number of aryl methyl sites for hydroxylation is 1. The zero-order chi connectivity index (χ0) is 22.1. The molecule has 0 spiro atoms. The molecule has 2 saturated heterocycles. The van der Waals surface area contributed by atoms with Gasteiger partial charge in [0.2, 0.25) is 5.82 Å². The summed E-state index contributed by atoms with van der Waals surface area (Å²) < 4.78 is 6.71. The van der Waals surface area contributed by atoms with Crippen LogP contribution in [0.15, 0.2) is 30.6 Å². The molecule has 2 aliphatic heterocycles. The second-order valence-corrected chi connectivity index (χ2v) is 7.87. The highest BCUT2D eigenvalue weighted by Gasteiger charge is 2.49. The van der Waals surface area contributed by atoms with Gasteiger partial charge < -0.3 is 25.6 Å². The van der Waals surface area contributed by atoms with Crippen LogP contribution in [0, 0.1) is 6.92 Å². The first kappa shape index (κ1) is 21.4. The topological polar surface area (TPSA) is 147 Å². The Morgan fingerprint density at radius 2 is 1.87 bits per heavy atom. The van der Waals surface area contributed by atoms with E-state index in [0.29, 0.717) is 26.2 Å². The van der Waals surface area contributed by atoms with Gasteiger partial charge in [-0.3, -0.25) is 14.5 Å². The Morgan fingerprint density at radius 3 is 2.52 bits per heavy atom. The SMILES string of the molecule is Cc1ccccc1CN1CCN(C(=O)[C@H]2O[C@@H](n3cnc(C(N)=O)n3)[C@H](O)[C@@H]2O)CC1. The molecular weight excluding hydrogens is 404 g/mol. The van der Waals surface area contributed by atoms with Crippen LogP contribution in [0.25, 0.3) is 0 Å². The first-order chi connectivity index (χ1) is 14.8. The second-order valence-electron chi connectivity index (χ2n) is 7.87. The normalized spacial score (nSPS) is 26.9. The van der Waals surface area contributed by atoms with Crippen molar-refractivity contribution in [2.75, 3.05) is 26.2 Å². The van der Waals surface area contributed by atoms with Crippen molar-refractivity contribution in [1.29, 1.82) is 0 Å². The third-order valence-electron chi connectivity index (χ3n) is 5.81. The highest BCUT2D eigenvalue weighted by atomic mass is 16.6. The lowest BCUT2D eigenvalue weighted by Crippen LogP contribution is -2.53. The number of primary amides is 1. The number of aliphatic hydroxyl groups excluding tert-OH is 2. The van der Waals surface area contributed by atoms with E-state index in [-0.39, 0.29) is 11.7 Å². The molecule has 0 bridgehead atoms. The van der Waals surface area contributed by atoms with E-state index in [1.54, 1.807) is 4.90 Å². The molecule has 0 radical (unpaired) electrons. The third kappa shape index (κ3) is 4.30. The predicted octanol–water partition coefficient (Wildman–Crippen LogP) is -1.35. The Kier molecular flexibility index (Phi) is 6.01. The number of rotatable bonds is 5. The van der Waals surface area contributed by atoms with E-state index in [2.05, 4.69) is 34.0 Å². The maximum Gasteiger partial charge on any atom is 0.288 e. The average Bonchev–Trinajstić information content (AvgIpc) is 3.36. The number of aromatic nitrogens is 3. The fraction of sp³-hybridized carbons (Fsp3) is 0.500. The number of piperazine rings is 1. The average molecular weight is 430 g/mol. The summed E-state index contributed by atoms with van der Waals surface area (Å²) in [6.45, 7) is 5.27. The lowest BCUT2D eigenvalue weighted by molar-refractivity contribution is -0.150. The molecule has 11 nitrogen and oxygen atoms in total. The van der Waals surface area contributed by atoms with Crippen LogP contribution in [0.3, 0.4) is 0 Å². The van der Waals surface area contributed by atoms with Crippen molar-refractivity contribution >= 4 is 11.8 Å². The van der Waals surface area contributed by atoms with Gasteiger partial charge in [0.05, 0.1) is 0 Å². The van der Waals surface area contributed by atoms with E-state index < -0.39 is 30.4 Å². The van der Waals surface area contributed by atoms with E-state index in [9.17, 15) is 19.8 Å². The number of aliphatic hydroxyl groups is 2. The highest BCUT2D eigenvalue weighted by Crippen LogP contribution is 2.30. The first-order valence-electron chi connectivity index (χ1n) is 10.1. The molecule has 1 aromatic heterocycles. The van der Waals surface area contributed by atoms with E-state index in [1.165, 1.54) is 11.1 Å². The van der Waals surface area contributed by atoms with Crippen LogP contribution in [0.2, 0.25) is 0 Å². The standard InChI is InChI=1S/C20H26N6O5/c1-12-4-2-3-5-13(12)10-24-6-8-25(9-7-24)19(30)16-14(27)15(28)20(31-16)26-11-22-18(23-26)17(21)29/h2-5,11,14-16,20,27-28H,6-10H2,1H3,(H2,21,29)/t14-,15+,16-,20+/m0/s1. The third-order valence-corrected chi connectivity index (χ3v) is 5.81.